The van der Waals surface area contributed by atoms with E-state index < -0.39 is 16.1 Å². The van der Waals surface area contributed by atoms with Crippen molar-refractivity contribution >= 4 is 33.0 Å². The van der Waals surface area contributed by atoms with Crippen LogP contribution in [0.4, 0.5) is 5.69 Å². The Morgan fingerprint density at radius 3 is 2.81 bits per heavy atom. The number of rotatable bonds is 11. The molecule has 1 amide bonds. The molecule has 36 heavy (non-hydrogen) atoms. The molecule has 0 radical (unpaired) electrons. The summed E-state index contributed by atoms with van der Waals surface area (Å²) in [5.41, 5.74) is 1.60. The molecule has 1 aliphatic heterocycles. The highest BCUT2D eigenvalue weighted by atomic mass is 32.2. The first-order chi connectivity index (χ1) is 17.4. The van der Waals surface area contributed by atoms with Gasteiger partial charge in [-0.05, 0) is 51.4 Å². The number of thiazole rings is 1. The summed E-state index contributed by atoms with van der Waals surface area (Å²) in [5.74, 6) is 0.0729. The largest absolute Gasteiger partial charge is 0.477 e. The molecule has 5 rings (SSSR count). The van der Waals surface area contributed by atoms with E-state index in [2.05, 4.69) is 34.9 Å². The van der Waals surface area contributed by atoms with Gasteiger partial charge < -0.3 is 15.0 Å². The third-order valence-corrected chi connectivity index (χ3v) is 8.80. The number of likely N-dealkylation sites (tertiary alicyclic amines) is 1. The van der Waals surface area contributed by atoms with Crippen LogP contribution in [0.15, 0.2) is 36.9 Å². The van der Waals surface area contributed by atoms with Crippen molar-refractivity contribution in [2.75, 3.05) is 31.0 Å². The van der Waals surface area contributed by atoms with Gasteiger partial charge in [0.25, 0.3) is 5.91 Å². The summed E-state index contributed by atoms with van der Waals surface area (Å²) in [4.78, 5) is 33.4. The van der Waals surface area contributed by atoms with Gasteiger partial charge in [0.1, 0.15) is 5.69 Å². The summed E-state index contributed by atoms with van der Waals surface area (Å²) in [5, 5.41) is 2.99. The number of anilines is 1. The van der Waals surface area contributed by atoms with E-state index in [4.69, 9.17) is 4.74 Å². The molecule has 3 aromatic rings. The highest BCUT2D eigenvalue weighted by Crippen LogP contribution is 2.30. The van der Waals surface area contributed by atoms with Crippen molar-refractivity contribution in [2.45, 2.75) is 37.5 Å². The number of carbonyl (C=O) groups is 1. The third-order valence-electron chi connectivity index (χ3n) is 5.91. The summed E-state index contributed by atoms with van der Waals surface area (Å²) in [6.07, 6.45) is 8.75. The van der Waals surface area contributed by atoms with Gasteiger partial charge in [0.2, 0.25) is 15.9 Å². The highest BCUT2D eigenvalue weighted by molar-refractivity contribution is 7.93. The minimum absolute atomic E-state index is 0.285. The van der Waals surface area contributed by atoms with Gasteiger partial charge in [-0.1, -0.05) is 0 Å². The number of pyridine rings is 1. The van der Waals surface area contributed by atoms with Crippen LogP contribution in [0, 0.1) is 0 Å². The van der Waals surface area contributed by atoms with Gasteiger partial charge in [-0.25, -0.2) is 18.4 Å². The second kappa shape index (κ2) is 10.4. The molecule has 1 atom stereocenters. The van der Waals surface area contributed by atoms with Gasteiger partial charge in [0.15, 0.2) is 5.01 Å². The molecule has 1 unspecified atom stereocenters. The van der Waals surface area contributed by atoms with Crippen molar-refractivity contribution in [1.82, 2.24) is 30.2 Å². The van der Waals surface area contributed by atoms with Crippen LogP contribution in [0.5, 0.6) is 5.88 Å². The number of amides is 1. The zero-order valence-corrected chi connectivity index (χ0v) is 21.4. The van der Waals surface area contributed by atoms with Gasteiger partial charge in [-0.2, -0.15) is 0 Å². The molecule has 0 aromatic carbocycles. The molecule has 0 bridgehead atoms. The topological polar surface area (TPSA) is 139 Å². The summed E-state index contributed by atoms with van der Waals surface area (Å²) in [7, 11) is -3.40. The molecular formula is C23H27N7O4S2. The lowest BCUT2D eigenvalue weighted by Crippen LogP contribution is -2.44. The second-order valence-electron chi connectivity index (χ2n) is 8.70. The first-order valence-corrected chi connectivity index (χ1v) is 14.2. The van der Waals surface area contributed by atoms with E-state index in [0.29, 0.717) is 53.8 Å². The number of sulfonamides is 1. The Morgan fingerprint density at radius 1 is 1.25 bits per heavy atom. The van der Waals surface area contributed by atoms with E-state index in [1.807, 2.05) is 6.92 Å². The molecule has 1 aliphatic carbocycles. The Kier molecular flexibility index (Phi) is 7.12. The molecule has 2 fully saturated rings. The van der Waals surface area contributed by atoms with Crippen molar-refractivity contribution in [1.29, 1.82) is 0 Å². The summed E-state index contributed by atoms with van der Waals surface area (Å²) in [6.45, 7) is 4.79. The van der Waals surface area contributed by atoms with E-state index in [1.54, 1.807) is 30.7 Å². The number of ether oxygens (including phenoxy) is 1. The molecule has 11 nitrogen and oxygen atoms in total. The van der Waals surface area contributed by atoms with E-state index >= 15 is 0 Å². The summed E-state index contributed by atoms with van der Waals surface area (Å²) in [6, 6.07) is 2.88. The third kappa shape index (κ3) is 5.79. The fourth-order valence-electron chi connectivity index (χ4n) is 3.77. The average Bonchev–Trinajstić information content (AvgIpc) is 3.59. The fraction of sp³-hybridized carbons (Fsp3) is 0.435. The van der Waals surface area contributed by atoms with E-state index in [-0.39, 0.29) is 16.2 Å². The van der Waals surface area contributed by atoms with Crippen molar-refractivity contribution in [2.24, 2.45) is 0 Å². The van der Waals surface area contributed by atoms with Crippen LogP contribution in [0.2, 0.25) is 0 Å². The maximum atomic E-state index is 13.2. The first-order valence-electron chi connectivity index (χ1n) is 11.8. The van der Waals surface area contributed by atoms with Crippen LogP contribution in [-0.4, -0.2) is 70.7 Å². The van der Waals surface area contributed by atoms with Gasteiger partial charge >= 0.3 is 0 Å². The minimum atomic E-state index is -3.40. The average molecular weight is 530 g/mol. The van der Waals surface area contributed by atoms with Crippen LogP contribution >= 0.6 is 11.3 Å². The van der Waals surface area contributed by atoms with Crippen LogP contribution < -0.4 is 14.8 Å². The van der Waals surface area contributed by atoms with Crippen molar-refractivity contribution in [3.63, 3.8) is 0 Å². The van der Waals surface area contributed by atoms with Crippen molar-refractivity contribution in [3.8, 4) is 16.5 Å². The number of hydrogen-bond donors (Lipinski definition) is 2. The number of hydrogen-bond acceptors (Lipinski definition) is 10. The van der Waals surface area contributed by atoms with Gasteiger partial charge in [0, 0.05) is 18.9 Å². The van der Waals surface area contributed by atoms with Crippen molar-refractivity contribution < 1.29 is 17.9 Å². The normalized spacial score (nSPS) is 16.7. The summed E-state index contributed by atoms with van der Waals surface area (Å²) < 4.78 is 32.8. The van der Waals surface area contributed by atoms with Gasteiger partial charge in [0.05, 0.1) is 46.6 Å². The molecular weight excluding hydrogens is 502 g/mol. The molecule has 2 N–H and O–H groups in total. The predicted molar refractivity (Wildman–Crippen MR) is 135 cm³/mol. The number of nitrogens with one attached hydrogen (secondary N) is 2. The molecule has 3 aromatic heterocycles. The Morgan fingerprint density at radius 2 is 2.08 bits per heavy atom. The van der Waals surface area contributed by atoms with Crippen LogP contribution in [0.1, 0.15) is 47.7 Å². The van der Waals surface area contributed by atoms with Crippen LogP contribution in [0.3, 0.4) is 0 Å². The molecule has 4 heterocycles. The molecule has 2 aliphatic rings. The maximum absolute atomic E-state index is 13.2. The Hall–Kier alpha value is -3.16. The first kappa shape index (κ1) is 24.5. The zero-order valence-electron chi connectivity index (χ0n) is 19.8. The lowest BCUT2D eigenvalue weighted by Gasteiger charge is -2.34. The Labute approximate surface area is 213 Å². The lowest BCUT2D eigenvalue weighted by molar-refractivity contribution is 0.0905. The Bertz CT molecular complexity index is 1340. The van der Waals surface area contributed by atoms with E-state index in [0.717, 1.165) is 19.5 Å². The molecule has 0 spiro atoms. The van der Waals surface area contributed by atoms with Gasteiger partial charge in [-0.15, -0.1) is 11.3 Å². The SMILES string of the molecule is CCOc1cncc(-c2cnc(C(=O)NC(CN3CCC3)c3cc(NS(=O)(=O)C4CC4)ccn3)s2)n1. The minimum Gasteiger partial charge on any atom is -0.477 e. The van der Waals surface area contributed by atoms with Crippen molar-refractivity contribution in [3.05, 3.63) is 47.6 Å². The maximum Gasteiger partial charge on any atom is 0.280 e. The van der Waals surface area contributed by atoms with Crippen LogP contribution in [-0.2, 0) is 10.0 Å². The second-order valence-corrected chi connectivity index (χ2v) is 11.7. The van der Waals surface area contributed by atoms with Crippen LogP contribution in [0.25, 0.3) is 10.6 Å². The monoisotopic (exact) mass is 529 g/mol. The number of carbonyl (C=O) groups excluding carboxylic acids is 1. The number of aromatic nitrogens is 4. The molecule has 1 saturated heterocycles. The van der Waals surface area contributed by atoms with E-state index in [1.165, 1.54) is 17.5 Å². The van der Waals surface area contributed by atoms with E-state index in [9.17, 15) is 13.2 Å². The molecule has 13 heteroatoms. The standard InChI is InChI=1S/C23H27N7O4S2/c1-2-34-21-13-24-11-18(27-21)20-12-26-23(35-20)22(31)28-19(14-30-8-3-9-30)17-10-15(6-7-25-17)29-36(32,33)16-4-5-16/h6-7,10-13,16,19H,2-5,8-9,14H2,1H3,(H,25,29)(H,28,31). The quantitative estimate of drug-likeness (QED) is 0.383. The predicted octanol–water partition coefficient (Wildman–Crippen LogP) is 2.47. The van der Waals surface area contributed by atoms with Gasteiger partial charge in [-0.3, -0.25) is 19.5 Å². The lowest BCUT2D eigenvalue weighted by atomic mass is 10.1. The number of nitrogens with zero attached hydrogens (tertiary/aromatic N) is 5. The molecule has 190 valence electrons. The highest BCUT2D eigenvalue weighted by Gasteiger charge is 2.36. The summed E-state index contributed by atoms with van der Waals surface area (Å²) >= 11 is 1.21. The smallest absolute Gasteiger partial charge is 0.280 e. The molecule has 1 saturated carbocycles. The fourth-order valence-corrected chi connectivity index (χ4v) is 5.92. The Balaban J connectivity index is 1.33. The zero-order chi connectivity index (χ0) is 25.1.